The number of halogens is 1. The van der Waals surface area contributed by atoms with Crippen LogP contribution in [-0.4, -0.2) is 31.0 Å². The van der Waals surface area contributed by atoms with E-state index in [2.05, 4.69) is 27.8 Å². The molecule has 0 heterocycles. The number of aliphatic hydroxyl groups is 1. The van der Waals surface area contributed by atoms with Crippen molar-refractivity contribution in [3.63, 3.8) is 0 Å². The minimum Gasteiger partial charge on any atom is -0.490 e. The van der Waals surface area contributed by atoms with Crippen molar-refractivity contribution in [3.8, 4) is 11.5 Å². The van der Waals surface area contributed by atoms with Gasteiger partial charge in [0.2, 0.25) is 0 Å². The molecule has 1 unspecified atom stereocenters. The summed E-state index contributed by atoms with van der Waals surface area (Å²) in [5.41, 5.74) is 1.06. The largest absolute Gasteiger partial charge is 0.490 e. The van der Waals surface area contributed by atoms with Crippen molar-refractivity contribution >= 4 is 15.9 Å². The third kappa shape index (κ3) is 5.53. The van der Waals surface area contributed by atoms with E-state index in [1.807, 2.05) is 19.1 Å². The molecule has 4 nitrogen and oxygen atoms in total. The van der Waals surface area contributed by atoms with Gasteiger partial charge in [0.25, 0.3) is 0 Å². The first-order valence-electron chi connectivity index (χ1n) is 6.66. The van der Waals surface area contributed by atoms with Crippen molar-refractivity contribution in [1.29, 1.82) is 0 Å². The Labute approximate surface area is 128 Å². The van der Waals surface area contributed by atoms with Crippen molar-refractivity contribution in [2.75, 3.05) is 19.8 Å². The summed E-state index contributed by atoms with van der Waals surface area (Å²) in [7, 11) is 0. The highest BCUT2D eigenvalue weighted by molar-refractivity contribution is 9.10. The second kappa shape index (κ2) is 9.00. The van der Waals surface area contributed by atoms with E-state index in [1.165, 1.54) is 0 Å². The molecular weight excluding hydrogens is 322 g/mol. The van der Waals surface area contributed by atoms with Crippen LogP contribution in [0, 0.1) is 0 Å². The highest BCUT2D eigenvalue weighted by Gasteiger charge is 2.12. The molecule has 0 bridgehead atoms. The third-order valence-electron chi connectivity index (χ3n) is 2.48. The molecule has 0 aliphatic rings. The second-order valence-electron chi connectivity index (χ2n) is 4.42. The Morgan fingerprint density at radius 3 is 2.80 bits per heavy atom. The number of benzene rings is 1. The lowest BCUT2D eigenvalue weighted by Gasteiger charge is -2.15. The van der Waals surface area contributed by atoms with E-state index in [0.717, 1.165) is 10.0 Å². The predicted molar refractivity (Wildman–Crippen MR) is 84.4 cm³/mol. The third-order valence-corrected chi connectivity index (χ3v) is 3.07. The van der Waals surface area contributed by atoms with Gasteiger partial charge < -0.3 is 19.9 Å². The van der Waals surface area contributed by atoms with Crippen LogP contribution in [-0.2, 0) is 6.54 Å². The van der Waals surface area contributed by atoms with Gasteiger partial charge in [-0.25, -0.2) is 0 Å². The first kappa shape index (κ1) is 17.0. The fourth-order valence-electron chi connectivity index (χ4n) is 1.69. The first-order valence-corrected chi connectivity index (χ1v) is 7.45. The Balaban J connectivity index is 2.85. The highest BCUT2D eigenvalue weighted by Crippen LogP contribution is 2.37. The van der Waals surface area contributed by atoms with Gasteiger partial charge in [0.1, 0.15) is 6.61 Å². The second-order valence-corrected chi connectivity index (χ2v) is 5.27. The molecule has 112 valence electrons. The lowest BCUT2D eigenvalue weighted by Crippen LogP contribution is -2.23. The van der Waals surface area contributed by atoms with Gasteiger partial charge in [0.15, 0.2) is 11.5 Å². The zero-order valence-electron chi connectivity index (χ0n) is 12.0. The van der Waals surface area contributed by atoms with Gasteiger partial charge in [-0.2, -0.15) is 0 Å². The summed E-state index contributed by atoms with van der Waals surface area (Å²) in [6.45, 7) is 9.54. The summed E-state index contributed by atoms with van der Waals surface area (Å²) in [6, 6.07) is 3.93. The van der Waals surface area contributed by atoms with E-state index < -0.39 is 0 Å². The molecular formula is C15H22BrNO3. The van der Waals surface area contributed by atoms with Gasteiger partial charge in [0, 0.05) is 13.1 Å². The molecule has 2 N–H and O–H groups in total. The maximum atomic E-state index is 9.24. The molecule has 1 rings (SSSR count). The van der Waals surface area contributed by atoms with Crippen LogP contribution in [0.1, 0.15) is 19.4 Å². The van der Waals surface area contributed by atoms with E-state index in [0.29, 0.717) is 37.8 Å². The minimum atomic E-state index is -0.361. The van der Waals surface area contributed by atoms with E-state index in [-0.39, 0.29) is 6.10 Å². The minimum absolute atomic E-state index is 0.361. The van der Waals surface area contributed by atoms with Crippen LogP contribution in [0.25, 0.3) is 0 Å². The maximum absolute atomic E-state index is 9.24. The summed E-state index contributed by atoms with van der Waals surface area (Å²) in [5.74, 6) is 1.39. The van der Waals surface area contributed by atoms with Crippen LogP contribution in [0.2, 0.25) is 0 Å². The number of rotatable bonds is 9. The summed E-state index contributed by atoms with van der Waals surface area (Å²) in [5, 5.41) is 12.4. The van der Waals surface area contributed by atoms with Crippen LogP contribution in [0.5, 0.6) is 11.5 Å². The fourth-order valence-corrected chi connectivity index (χ4v) is 2.30. The van der Waals surface area contributed by atoms with Gasteiger partial charge in [-0.3, -0.25) is 0 Å². The van der Waals surface area contributed by atoms with Crippen LogP contribution in [0.3, 0.4) is 0 Å². The van der Waals surface area contributed by atoms with E-state index in [9.17, 15) is 5.11 Å². The molecule has 0 aliphatic carbocycles. The van der Waals surface area contributed by atoms with Crippen molar-refractivity contribution < 1.29 is 14.6 Å². The molecule has 1 aromatic rings. The molecule has 0 radical (unpaired) electrons. The van der Waals surface area contributed by atoms with Crippen LogP contribution >= 0.6 is 15.9 Å². The Bertz CT molecular complexity index is 435. The van der Waals surface area contributed by atoms with Crippen molar-refractivity contribution in [2.24, 2.45) is 0 Å². The van der Waals surface area contributed by atoms with Crippen molar-refractivity contribution in [2.45, 2.75) is 26.5 Å². The monoisotopic (exact) mass is 343 g/mol. The predicted octanol–water partition coefficient (Wildman–Crippen LogP) is 2.88. The van der Waals surface area contributed by atoms with Crippen LogP contribution in [0.4, 0.5) is 0 Å². The Morgan fingerprint density at radius 2 is 2.20 bits per heavy atom. The summed E-state index contributed by atoms with van der Waals surface area (Å²) in [4.78, 5) is 0. The lowest BCUT2D eigenvalue weighted by molar-refractivity contribution is 0.191. The Hall–Kier alpha value is -1.04. The Morgan fingerprint density at radius 1 is 1.45 bits per heavy atom. The molecule has 20 heavy (non-hydrogen) atoms. The lowest BCUT2D eigenvalue weighted by atomic mass is 10.2. The number of hydrogen-bond acceptors (Lipinski definition) is 4. The average Bonchev–Trinajstić information content (AvgIpc) is 2.38. The van der Waals surface area contributed by atoms with Crippen molar-refractivity contribution in [3.05, 3.63) is 34.8 Å². The van der Waals surface area contributed by atoms with Gasteiger partial charge in [-0.05, 0) is 47.5 Å². The molecule has 0 amide bonds. The van der Waals surface area contributed by atoms with E-state index >= 15 is 0 Å². The highest BCUT2D eigenvalue weighted by atomic mass is 79.9. The van der Waals surface area contributed by atoms with E-state index in [1.54, 1.807) is 13.0 Å². The fraction of sp³-hybridized carbons (Fsp3) is 0.467. The van der Waals surface area contributed by atoms with Crippen molar-refractivity contribution in [1.82, 2.24) is 5.32 Å². The molecule has 0 aliphatic heterocycles. The summed E-state index contributed by atoms with van der Waals surface area (Å²) >= 11 is 3.50. The molecule has 0 saturated carbocycles. The molecule has 1 aromatic carbocycles. The molecule has 5 heteroatoms. The molecule has 0 saturated heterocycles. The van der Waals surface area contributed by atoms with Gasteiger partial charge in [-0.15, -0.1) is 0 Å². The summed E-state index contributed by atoms with van der Waals surface area (Å²) in [6.07, 6.45) is 1.33. The average molecular weight is 344 g/mol. The molecule has 0 fully saturated rings. The zero-order chi connectivity index (χ0) is 15.0. The SMILES string of the molecule is C=CCOc1c(Br)cc(CNCC(C)O)cc1OCC. The molecule has 1 atom stereocenters. The standard InChI is InChI=1S/C15H22BrNO3/c1-4-6-20-15-13(16)7-12(8-14(15)19-5-2)10-17-9-11(3)18/h4,7-8,11,17-18H,1,5-6,9-10H2,2-3H3. The number of ether oxygens (including phenoxy) is 2. The number of hydrogen-bond donors (Lipinski definition) is 2. The Kier molecular flexibility index (Phi) is 7.65. The van der Waals surface area contributed by atoms with Gasteiger partial charge in [0.05, 0.1) is 17.2 Å². The first-order chi connectivity index (χ1) is 9.58. The topological polar surface area (TPSA) is 50.7 Å². The van der Waals surface area contributed by atoms with Crippen LogP contribution in [0.15, 0.2) is 29.3 Å². The molecule has 0 aromatic heterocycles. The number of aliphatic hydroxyl groups excluding tert-OH is 1. The normalized spacial score (nSPS) is 12.0. The van der Waals surface area contributed by atoms with Crippen LogP contribution < -0.4 is 14.8 Å². The molecule has 0 spiro atoms. The zero-order valence-corrected chi connectivity index (χ0v) is 13.6. The smallest absolute Gasteiger partial charge is 0.175 e. The quantitative estimate of drug-likeness (QED) is 0.677. The van der Waals surface area contributed by atoms with E-state index in [4.69, 9.17) is 9.47 Å². The van der Waals surface area contributed by atoms with Gasteiger partial charge >= 0.3 is 0 Å². The number of nitrogens with one attached hydrogen (secondary N) is 1. The van der Waals surface area contributed by atoms with Gasteiger partial charge in [-0.1, -0.05) is 12.7 Å². The summed E-state index contributed by atoms with van der Waals surface area (Å²) < 4.78 is 12.1. The maximum Gasteiger partial charge on any atom is 0.175 e.